The van der Waals surface area contributed by atoms with Crippen LogP contribution in [0.2, 0.25) is 0 Å². The Morgan fingerprint density at radius 3 is 2.85 bits per heavy atom. The van der Waals surface area contributed by atoms with Crippen molar-refractivity contribution in [3.05, 3.63) is 53.2 Å². The van der Waals surface area contributed by atoms with Crippen molar-refractivity contribution in [1.82, 2.24) is 4.98 Å². The van der Waals surface area contributed by atoms with Gasteiger partial charge in [-0.1, -0.05) is 18.2 Å². The molecule has 0 bridgehead atoms. The van der Waals surface area contributed by atoms with Gasteiger partial charge < -0.3 is 10.0 Å². The molecule has 4 nitrogen and oxygen atoms in total. The Balaban J connectivity index is 2.20. The summed E-state index contributed by atoms with van der Waals surface area (Å²) in [6.07, 6.45) is 2.58. The lowest BCUT2D eigenvalue weighted by Crippen LogP contribution is -2.27. The number of rotatable bonds is 2. The van der Waals surface area contributed by atoms with Gasteiger partial charge in [0.1, 0.15) is 11.4 Å². The minimum absolute atomic E-state index is 0.208. The molecule has 0 saturated heterocycles. The zero-order valence-corrected chi connectivity index (χ0v) is 11.5. The number of nitrogens with zero attached hydrogens (tertiary/aromatic N) is 2. The van der Waals surface area contributed by atoms with Crippen LogP contribution in [0.15, 0.2) is 36.5 Å². The van der Waals surface area contributed by atoms with Gasteiger partial charge in [0.2, 0.25) is 0 Å². The topological polar surface area (TPSA) is 53.4 Å². The summed E-state index contributed by atoms with van der Waals surface area (Å²) < 4.78 is 0. The molecule has 20 heavy (non-hydrogen) atoms. The van der Waals surface area contributed by atoms with Crippen LogP contribution in [-0.2, 0) is 6.42 Å². The van der Waals surface area contributed by atoms with E-state index >= 15 is 0 Å². The van der Waals surface area contributed by atoms with E-state index in [1.54, 1.807) is 19.2 Å². The first-order valence-corrected chi connectivity index (χ1v) is 6.65. The molecule has 0 spiro atoms. The molecule has 3 rings (SSSR count). The highest BCUT2D eigenvalue weighted by Crippen LogP contribution is 2.39. The number of hydrogen-bond acceptors (Lipinski definition) is 3. The average molecular weight is 268 g/mol. The van der Waals surface area contributed by atoms with Crippen LogP contribution in [-0.4, -0.2) is 22.1 Å². The Kier molecular flexibility index (Phi) is 2.93. The largest absolute Gasteiger partial charge is 0.478 e. The average Bonchev–Trinajstić information content (AvgIpc) is 2.73. The Morgan fingerprint density at radius 2 is 2.10 bits per heavy atom. The molecular weight excluding hydrogens is 252 g/mol. The van der Waals surface area contributed by atoms with Gasteiger partial charge in [0.05, 0.1) is 0 Å². The highest BCUT2D eigenvalue weighted by atomic mass is 16.4. The number of hydrogen-bond donors (Lipinski definition) is 1. The third-order valence-corrected chi connectivity index (χ3v) is 3.79. The standard InChI is InChI=1S/C16H16N2O2/c1-10-7-8-17-15(14(10)16(19)20)18-11(2)9-12-5-3-4-6-13(12)18/h3-8,11H,9H2,1-2H3,(H,19,20). The van der Waals surface area contributed by atoms with Crippen molar-refractivity contribution < 1.29 is 9.90 Å². The summed E-state index contributed by atoms with van der Waals surface area (Å²) in [6.45, 7) is 3.90. The molecule has 0 saturated carbocycles. The lowest BCUT2D eigenvalue weighted by Gasteiger charge is -2.25. The summed E-state index contributed by atoms with van der Waals surface area (Å²) in [5, 5.41) is 9.47. The molecule has 4 heteroatoms. The second-order valence-electron chi connectivity index (χ2n) is 5.18. The molecule has 1 aliphatic rings. The highest BCUT2D eigenvalue weighted by molar-refractivity contribution is 5.96. The molecule has 1 unspecified atom stereocenters. The maximum absolute atomic E-state index is 11.6. The van der Waals surface area contributed by atoms with Gasteiger partial charge in [0, 0.05) is 17.9 Å². The Labute approximate surface area is 117 Å². The van der Waals surface area contributed by atoms with Crippen LogP contribution in [0, 0.1) is 6.92 Å². The summed E-state index contributed by atoms with van der Waals surface area (Å²) in [4.78, 5) is 17.9. The van der Waals surface area contributed by atoms with Crippen LogP contribution in [0.4, 0.5) is 11.5 Å². The van der Waals surface area contributed by atoms with Gasteiger partial charge in [-0.15, -0.1) is 0 Å². The molecule has 1 N–H and O–H groups in total. The van der Waals surface area contributed by atoms with Gasteiger partial charge in [0.25, 0.3) is 0 Å². The van der Waals surface area contributed by atoms with E-state index in [2.05, 4.69) is 18.0 Å². The second-order valence-corrected chi connectivity index (χ2v) is 5.18. The Morgan fingerprint density at radius 1 is 1.35 bits per heavy atom. The molecule has 2 heterocycles. The maximum atomic E-state index is 11.6. The molecule has 1 atom stereocenters. The van der Waals surface area contributed by atoms with Crippen LogP contribution in [0.3, 0.4) is 0 Å². The molecule has 2 aromatic rings. The number of aromatic nitrogens is 1. The minimum atomic E-state index is -0.929. The van der Waals surface area contributed by atoms with Crippen molar-refractivity contribution >= 4 is 17.5 Å². The number of carboxylic acid groups (broad SMARTS) is 1. The number of aromatic carboxylic acids is 1. The number of carboxylic acids is 1. The number of para-hydroxylation sites is 1. The van der Waals surface area contributed by atoms with Gasteiger partial charge in [-0.3, -0.25) is 0 Å². The van der Waals surface area contributed by atoms with Crippen molar-refractivity contribution in [2.75, 3.05) is 4.90 Å². The lowest BCUT2D eigenvalue weighted by molar-refractivity contribution is 0.0696. The number of carbonyl (C=O) groups is 1. The van der Waals surface area contributed by atoms with E-state index in [4.69, 9.17) is 0 Å². The zero-order valence-electron chi connectivity index (χ0n) is 11.5. The predicted octanol–water partition coefficient (Wildman–Crippen LogP) is 3.17. The summed E-state index contributed by atoms with van der Waals surface area (Å²) >= 11 is 0. The fourth-order valence-electron chi connectivity index (χ4n) is 2.88. The monoisotopic (exact) mass is 268 g/mol. The maximum Gasteiger partial charge on any atom is 0.339 e. The molecule has 1 aromatic heterocycles. The van der Waals surface area contributed by atoms with Crippen molar-refractivity contribution in [2.24, 2.45) is 0 Å². The second kappa shape index (κ2) is 4.63. The summed E-state index contributed by atoms with van der Waals surface area (Å²) in [6, 6.07) is 10.0. The molecule has 1 aliphatic heterocycles. The number of benzene rings is 1. The van der Waals surface area contributed by atoms with Crippen molar-refractivity contribution in [1.29, 1.82) is 0 Å². The van der Waals surface area contributed by atoms with Gasteiger partial charge in [-0.25, -0.2) is 9.78 Å². The predicted molar refractivity (Wildman–Crippen MR) is 77.7 cm³/mol. The highest BCUT2D eigenvalue weighted by Gasteiger charge is 2.31. The lowest BCUT2D eigenvalue weighted by atomic mass is 10.1. The first-order valence-electron chi connectivity index (χ1n) is 6.65. The van der Waals surface area contributed by atoms with Gasteiger partial charge >= 0.3 is 5.97 Å². The van der Waals surface area contributed by atoms with E-state index in [1.807, 2.05) is 23.1 Å². The van der Waals surface area contributed by atoms with E-state index in [1.165, 1.54) is 5.56 Å². The summed E-state index contributed by atoms with van der Waals surface area (Å²) in [5.41, 5.74) is 3.32. The van der Waals surface area contributed by atoms with Crippen LogP contribution in [0.5, 0.6) is 0 Å². The molecule has 1 aromatic carbocycles. The van der Waals surface area contributed by atoms with E-state index in [0.29, 0.717) is 5.82 Å². The number of aryl methyl sites for hydroxylation is 1. The van der Waals surface area contributed by atoms with E-state index in [0.717, 1.165) is 17.7 Å². The van der Waals surface area contributed by atoms with Gasteiger partial charge in [-0.2, -0.15) is 0 Å². The quantitative estimate of drug-likeness (QED) is 0.909. The summed E-state index contributed by atoms with van der Waals surface area (Å²) in [5.74, 6) is -0.392. The first kappa shape index (κ1) is 12.7. The van der Waals surface area contributed by atoms with Crippen LogP contribution >= 0.6 is 0 Å². The van der Waals surface area contributed by atoms with Gasteiger partial charge in [-0.05, 0) is 43.5 Å². The van der Waals surface area contributed by atoms with E-state index in [-0.39, 0.29) is 11.6 Å². The molecule has 0 fully saturated rings. The Hall–Kier alpha value is -2.36. The number of anilines is 2. The van der Waals surface area contributed by atoms with Crippen LogP contribution in [0.1, 0.15) is 28.4 Å². The molecule has 0 amide bonds. The normalized spacial score (nSPS) is 17.1. The van der Waals surface area contributed by atoms with Crippen molar-refractivity contribution in [3.63, 3.8) is 0 Å². The summed E-state index contributed by atoms with van der Waals surface area (Å²) in [7, 11) is 0. The number of pyridine rings is 1. The fraction of sp³-hybridized carbons (Fsp3) is 0.250. The molecular formula is C16H16N2O2. The number of fused-ring (bicyclic) bond motifs is 1. The zero-order chi connectivity index (χ0) is 14.3. The first-order chi connectivity index (χ1) is 9.59. The van der Waals surface area contributed by atoms with E-state index in [9.17, 15) is 9.90 Å². The SMILES string of the molecule is Cc1ccnc(N2c3ccccc3CC2C)c1C(=O)O. The third kappa shape index (κ3) is 1.84. The Bertz CT molecular complexity index is 682. The van der Waals surface area contributed by atoms with Crippen molar-refractivity contribution in [2.45, 2.75) is 26.3 Å². The van der Waals surface area contributed by atoms with Crippen LogP contribution in [0.25, 0.3) is 0 Å². The smallest absolute Gasteiger partial charge is 0.339 e. The van der Waals surface area contributed by atoms with Crippen LogP contribution < -0.4 is 4.90 Å². The fourth-order valence-corrected chi connectivity index (χ4v) is 2.88. The molecule has 0 aliphatic carbocycles. The third-order valence-electron chi connectivity index (χ3n) is 3.79. The van der Waals surface area contributed by atoms with E-state index < -0.39 is 5.97 Å². The van der Waals surface area contributed by atoms with Crippen molar-refractivity contribution in [3.8, 4) is 0 Å². The minimum Gasteiger partial charge on any atom is -0.478 e. The van der Waals surface area contributed by atoms with Gasteiger partial charge in [0.15, 0.2) is 0 Å². The molecule has 102 valence electrons. The molecule has 0 radical (unpaired) electrons.